The van der Waals surface area contributed by atoms with Crippen molar-refractivity contribution in [3.05, 3.63) is 35.6 Å². The van der Waals surface area contributed by atoms with Crippen molar-refractivity contribution in [2.75, 3.05) is 52.4 Å². The molecule has 2 amide bonds. The van der Waals surface area contributed by atoms with Crippen molar-refractivity contribution in [3.63, 3.8) is 0 Å². The molecule has 6 nitrogen and oxygen atoms in total. The van der Waals surface area contributed by atoms with Crippen molar-refractivity contribution in [3.8, 4) is 0 Å². The van der Waals surface area contributed by atoms with E-state index in [1.54, 1.807) is 0 Å². The molecular formula is C21H33FN4O2. The smallest absolute Gasteiger partial charge is 0.317 e. The Labute approximate surface area is 167 Å². The van der Waals surface area contributed by atoms with Crippen LogP contribution in [0.2, 0.25) is 0 Å². The van der Waals surface area contributed by atoms with Crippen molar-refractivity contribution >= 4 is 6.03 Å². The fourth-order valence-corrected chi connectivity index (χ4v) is 4.11. The Hall–Kier alpha value is -1.70. The summed E-state index contributed by atoms with van der Waals surface area (Å²) in [5.41, 5.74) is 1.10. The molecule has 1 unspecified atom stereocenters. The number of amides is 2. The van der Waals surface area contributed by atoms with Crippen LogP contribution in [0.5, 0.6) is 0 Å². The van der Waals surface area contributed by atoms with E-state index in [0.29, 0.717) is 25.7 Å². The molecule has 1 atom stereocenters. The van der Waals surface area contributed by atoms with Crippen molar-refractivity contribution in [2.45, 2.75) is 38.3 Å². The molecule has 0 radical (unpaired) electrons. The fraction of sp³-hybridized carbons (Fsp3) is 0.667. The molecule has 0 aliphatic carbocycles. The number of aliphatic hydroxyl groups is 1. The van der Waals surface area contributed by atoms with Crippen LogP contribution >= 0.6 is 0 Å². The van der Waals surface area contributed by atoms with E-state index in [4.69, 9.17) is 0 Å². The fourth-order valence-electron chi connectivity index (χ4n) is 4.11. The molecule has 156 valence electrons. The number of piperazine rings is 1. The number of aliphatic hydroxyl groups excluding tert-OH is 1. The third-order valence-electron chi connectivity index (χ3n) is 5.84. The molecule has 2 saturated heterocycles. The topological polar surface area (TPSA) is 59.1 Å². The number of nitrogens with one attached hydrogen (secondary N) is 1. The van der Waals surface area contributed by atoms with Crippen LogP contribution in [0, 0.1) is 5.82 Å². The summed E-state index contributed by atoms with van der Waals surface area (Å²) in [5.74, 6) is -0.211. The van der Waals surface area contributed by atoms with E-state index in [9.17, 15) is 14.3 Å². The molecule has 2 aliphatic rings. The van der Waals surface area contributed by atoms with Gasteiger partial charge in [0.15, 0.2) is 0 Å². The number of halogens is 1. The molecule has 3 rings (SSSR count). The first-order chi connectivity index (χ1) is 13.7. The van der Waals surface area contributed by atoms with E-state index in [1.165, 1.54) is 25.0 Å². The van der Waals surface area contributed by atoms with Gasteiger partial charge in [-0.15, -0.1) is 0 Å². The summed E-state index contributed by atoms with van der Waals surface area (Å²) in [5, 5.41) is 12.5. The SMILES string of the molecule is O=C(NCCCN1CCCCC1CO)N1CCN(Cc2ccc(F)cc2)CC1. The second kappa shape index (κ2) is 10.7. The third-order valence-corrected chi connectivity index (χ3v) is 5.84. The lowest BCUT2D eigenvalue weighted by atomic mass is 10.0. The number of rotatable bonds is 7. The summed E-state index contributed by atoms with van der Waals surface area (Å²) in [6.07, 6.45) is 4.38. The van der Waals surface area contributed by atoms with E-state index in [1.807, 2.05) is 17.0 Å². The van der Waals surface area contributed by atoms with Crippen LogP contribution in [0.1, 0.15) is 31.2 Å². The first-order valence-electron chi connectivity index (χ1n) is 10.5. The maximum atomic E-state index is 13.0. The molecule has 7 heteroatoms. The van der Waals surface area contributed by atoms with Gasteiger partial charge in [0.25, 0.3) is 0 Å². The van der Waals surface area contributed by atoms with Crippen molar-refractivity contribution in [1.29, 1.82) is 0 Å². The second-order valence-electron chi connectivity index (χ2n) is 7.84. The number of urea groups is 1. The van der Waals surface area contributed by atoms with Gasteiger partial charge in [0.05, 0.1) is 6.61 Å². The van der Waals surface area contributed by atoms with Gasteiger partial charge < -0.3 is 15.3 Å². The van der Waals surface area contributed by atoms with Gasteiger partial charge in [0, 0.05) is 51.9 Å². The molecule has 2 aliphatic heterocycles. The minimum atomic E-state index is -0.211. The van der Waals surface area contributed by atoms with Crippen LogP contribution in [-0.4, -0.2) is 84.3 Å². The molecule has 28 heavy (non-hydrogen) atoms. The predicted octanol–water partition coefficient (Wildman–Crippen LogP) is 1.89. The van der Waals surface area contributed by atoms with Gasteiger partial charge in [-0.2, -0.15) is 0 Å². The second-order valence-corrected chi connectivity index (χ2v) is 7.84. The van der Waals surface area contributed by atoms with Crippen LogP contribution < -0.4 is 5.32 Å². The zero-order chi connectivity index (χ0) is 19.8. The number of piperidine rings is 1. The van der Waals surface area contributed by atoms with Gasteiger partial charge in [-0.25, -0.2) is 9.18 Å². The minimum absolute atomic E-state index is 0.0128. The van der Waals surface area contributed by atoms with Gasteiger partial charge in [0.2, 0.25) is 0 Å². The molecule has 1 aromatic carbocycles. The van der Waals surface area contributed by atoms with Crippen molar-refractivity contribution in [2.24, 2.45) is 0 Å². The maximum absolute atomic E-state index is 13.0. The highest BCUT2D eigenvalue weighted by Crippen LogP contribution is 2.16. The number of hydrogen-bond acceptors (Lipinski definition) is 4. The van der Waals surface area contributed by atoms with Gasteiger partial charge >= 0.3 is 6.03 Å². The highest BCUT2D eigenvalue weighted by Gasteiger charge is 2.22. The van der Waals surface area contributed by atoms with Gasteiger partial charge in [0.1, 0.15) is 5.82 Å². The Bertz CT molecular complexity index is 605. The van der Waals surface area contributed by atoms with E-state index >= 15 is 0 Å². The lowest BCUT2D eigenvalue weighted by Gasteiger charge is -2.35. The number of likely N-dealkylation sites (tertiary alicyclic amines) is 1. The summed E-state index contributed by atoms with van der Waals surface area (Å²) in [6, 6.07) is 6.92. The summed E-state index contributed by atoms with van der Waals surface area (Å²) >= 11 is 0. The first-order valence-corrected chi connectivity index (χ1v) is 10.5. The predicted molar refractivity (Wildman–Crippen MR) is 108 cm³/mol. The van der Waals surface area contributed by atoms with Crippen molar-refractivity contribution < 1.29 is 14.3 Å². The van der Waals surface area contributed by atoms with Crippen molar-refractivity contribution in [1.82, 2.24) is 20.0 Å². The number of benzene rings is 1. The van der Waals surface area contributed by atoms with E-state index in [2.05, 4.69) is 15.1 Å². The highest BCUT2D eigenvalue weighted by molar-refractivity contribution is 5.74. The van der Waals surface area contributed by atoms with E-state index in [-0.39, 0.29) is 18.5 Å². The Morgan fingerprint density at radius 3 is 2.57 bits per heavy atom. The average molecular weight is 393 g/mol. The Morgan fingerprint density at radius 1 is 1.11 bits per heavy atom. The van der Waals surface area contributed by atoms with E-state index in [0.717, 1.165) is 51.1 Å². The molecule has 0 spiro atoms. The summed E-state index contributed by atoms with van der Waals surface area (Å²) in [4.78, 5) is 18.9. The van der Waals surface area contributed by atoms with Crippen LogP contribution in [-0.2, 0) is 6.54 Å². The van der Waals surface area contributed by atoms with Crippen LogP contribution in [0.3, 0.4) is 0 Å². The van der Waals surface area contributed by atoms with Gasteiger partial charge in [-0.05, 0) is 43.5 Å². The molecule has 2 N–H and O–H groups in total. The quantitative estimate of drug-likeness (QED) is 0.696. The lowest BCUT2D eigenvalue weighted by Crippen LogP contribution is -2.51. The van der Waals surface area contributed by atoms with Crippen LogP contribution in [0.25, 0.3) is 0 Å². The highest BCUT2D eigenvalue weighted by atomic mass is 19.1. The zero-order valence-corrected chi connectivity index (χ0v) is 16.7. The third kappa shape index (κ3) is 6.15. The number of nitrogens with zero attached hydrogens (tertiary/aromatic N) is 3. The van der Waals surface area contributed by atoms with Gasteiger partial charge in [-0.1, -0.05) is 18.6 Å². The largest absolute Gasteiger partial charge is 0.395 e. The Balaban J connectivity index is 1.31. The maximum Gasteiger partial charge on any atom is 0.317 e. The first kappa shape index (κ1) is 21.0. The molecule has 2 heterocycles. The molecular weight excluding hydrogens is 359 g/mol. The van der Waals surface area contributed by atoms with Gasteiger partial charge in [-0.3, -0.25) is 9.80 Å². The lowest BCUT2D eigenvalue weighted by molar-refractivity contribution is 0.0890. The number of carbonyl (C=O) groups is 1. The molecule has 2 fully saturated rings. The molecule has 0 aromatic heterocycles. The Kier molecular flexibility index (Phi) is 8.06. The summed E-state index contributed by atoms with van der Waals surface area (Å²) in [6.45, 7) is 6.76. The molecule has 0 bridgehead atoms. The normalized spacial score (nSPS) is 21.6. The molecule has 1 aromatic rings. The molecule has 0 saturated carbocycles. The zero-order valence-electron chi connectivity index (χ0n) is 16.7. The Morgan fingerprint density at radius 2 is 1.86 bits per heavy atom. The minimum Gasteiger partial charge on any atom is -0.395 e. The van der Waals surface area contributed by atoms with E-state index < -0.39 is 0 Å². The summed E-state index contributed by atoms with van der Waals surface area (Å²) in [7, 11) is 0. The summed E-state index contributed by atoms with van der Waals surface area (Å²) < 4.78 is 13.0. The monoisotopic (exact) mass is 392 g/mol. The van der Waals surface area contributed by atoms with Crippen LogP contribution in [0.15, 0.2) is 24.3 Å². The van der Waals surface area contributed by atoms with Crippen LogP contribution in [0.4, 0.5) is 9.18 Å². The average Bonchev–Trinajstić information content (AvgIpc) is 2.73. The number of hydrogen-bond donors (Lipinski definition) is 2. The number of carbonyl (C=O) groups excluding carboxylic acids is 1. The standard InChI is InChI=1S/C21H33FN4O2/c22-19-7-5-18(6-8-19)16-24-12-14-26(15-13-24)21(28)23-9-3-11-25-10-2-1-4-20(25)17-27/h5-8,20,27H,1-4,9-17H2,(H,23,28).